The number of fused-ring (bicyclic) bond motifs is 1. The number of hydrogen-bond donors (Lipinski definition) is 0. The van der Waals surface area contributed by atoms with Crippen LogP contribution in [0, 0.1) is 5.92 Å². The van der Waals surface area contributed by atoms with E-state index in [0.717, 1.165) is 5.52 Å². The summed E-state index contributed by atoms with van der Waals surface area (Å²) in [5, 5.41) is 0. The van der Waals surface area contributed by atoms with Crippen molar-refractivity contribution in [2.24, 2.45) is 5.92 Å². The summed E-state index contributed by atoms with van der Waals surface area (Å²) in [7, 11) is 0. The van der Waals surface area contributed by atoms with Crippen LogP contribution in [0.2, 0.25) is 0 Å². The summed E-state index contributed by atoms with van der Waals surface area (Å²) in [4.78, 5) is 15.8. The molecule has 0 unspecified atom stereocenters. The maximum atomic E-state index is 11.7. The summed E-state index contributed by atoms with van der Waals surface area (Å²) >= 11 is 0. The van der Waals surface area contributed by atoms with Crippen molar-refractivity contribution in [3.8, 4) is 0 Å². The van der Waals surface area contributed by atoms with Crippen LogP contribution in [-0.2, 0) is 0 Å². The number of hydrogen-bond acceptors (Lipinski definition) is 3. The predicted molar refractivity (Wildman–Crippen MR) is 57.8 cm³/mol. The van der Waals surface area contributed by atoms with Crippen LogP contribution < -0.4 is 0 Å². The minimum Gasteiger partial charge on any atom is -0.434 e. The first-order chi connectivity index (χ1) is 7.16. The first-order valence-electron chi connectivity index (χ1n) is 5.05. The second kappa shape index (κ2) is 3.85. The van der Waals surface area contributed by atoms with Crippen LogP contribution in [0.5, 0.6) is 0 Å². The molecule has 0 aliphatic rings. The molecule has 0 saturated carbocycles. The molecule has 0 N–H and O–H groups in total. The molecule has 0 aliphatic heterocycles. The number of ketones is 1. The molecule has 78 valence electrons. The zero-order chi connectivity index (χ0) is 10.8. The second-order valence-electron chi connectivity index (χ2n) is 4.01. The molecule has 1 aromatic carbocycles. The molecular formula is C12H13NO2. The molecule has 0 atom stereocenters. The highest BCUT2D eigenvalue weighted by molar-refractivity contribution is 5.94. The summed E-state index contributed by atoms with van der Waals surface area (Å²) in [6.07, 6.45) is 0.479. The van der Waals surface area contributed by atoms with Crippen LogP contribution in [0.1, 0.15) is 31.0 Å². The maximum absolute atomic E-state index is 11.7. The minimum atomic E-state index is -0.0267. The fraction of sp³-hybridized carbons (Fsp3) is 0.333. The van der Waals surface area contributed by atoms with E-state index in [4.69, 9.17) is 4.42 Å². The third-order valence-corrected chi connectivity index (χ3v) is 2.13. The Balaban J connectivity index is 2.32. The van der Waals surface area contributed by atoms with Gasteiger partial charge in [0.25, 0.3) is 5.89 Å². The van der Waals surface area contributed by atoms with Gasteiger partial charge in [0.2, 0.25) is 5.78 Å². The maximum Gasteiger partial charge on any atom is 0.264 e. The molecule has 1 heterocycles. The zero-order valence-corrected chi connectivity index (χ0v) is 8.86. The van der Waals surface area contributed by atoms with Crippen molar-refractivity contribution >= 4 is 16.9 Å². The van der Waals surface area contributed by atoms with Gasteiger partial charge in [0.05, 0.1) is 0 Å². The highest BCUT2D eigenvalue weighted by Crippen LogP contribution is 2.16. The van der Waals surface area contributed by atoms with Gasteiger partial charge in [0.1, 0.15) is 5.52 Å². The number of rotatable bonds is 3. The van der Waals surface area contributed by atoms with Gasteiger partial charge in [0.15, 0.2) is 5.58 Å². The standard InChI is InChI=1S/C12H13NO2/c1-8(2)7-10(14)12-13-9-5-3-4-6-11(9)15-12/h3-6,8H,7H2,1-2H3. The number of aromatic nitrogens is 1. The van der Waals surface area contributed by atoms with E-state index in [2.05, 4.69) is 4.98 Å². The average Bonchev–Trinajstić information content (AvgIpc) is 2.59. The lowest BCUT2D eigenvalue weighted by molar-refractivity contribution is 0.0936. The lowest BCUT2D eigenvalue weighted by Gasteiger charge is -1.98. The van der Waals surface area contributed by atoms with Gasteiger partial charge in [-0.3, -0.25) is 4.79 Å². The highest BCUT2D eigenvalue weighted by Gasteiger charge is 2.14. The van der Waals surface area contributed by atoms with E-state index in [1.165, 1.54) is 0 Å². The fourth-order valence-corrected chi connectivity index (χ4v) is 1.45. The molecule has 1 aromatic heterocycles. The van der Waals surface area contributed by atoms with E-state index < -0.39 is 0 Å². The third-order valence-electron chi connectivity index (χ3n) is 2.13. The smallest absolute Gasteiger partial charge is 0.264 e. The number of oxazole rings is 1. The lowest BCUT2D eigenvalue weighted by atomic mass is 10.1. The molecule has 0 amide bonds. The summed E-state index contributed by atoms with van der Waals surface area (Å²) in [6, 6.07) is 7.39. The van der Waals surface area contributed by atoms with Crippen LogP contribution in [0.15, 0.2) is 28.7 Å². The van der Waals surface area contributed by atoms with Crippen molar-refractivity contribution in [1.29, 1.82) is 0 Å². The van der Waals surface area contributed by atoms with Crippen LogP contribution in [-0.4, -0.2) is 10.8 Å². The summed E-state index contributed by atoms with van der Waals surface area (Å²) < 4.78 is 5.37. The van der Waals surface area contributed by atoms with Crippen molar-refractivity contribution in [2.75, 3.05) is 0 Å². The Labute approximate surface area is 88.1 Å². The summed E-state index contributed by atoms with van der Waals surface area (Å²) in [6.45, 7) is 4.00. The SMILES string of the molecule is CC(C)CC(=O)c1nc2ccccc2o1. The van der Waals surface area contributed by atoms with E-state index in [1.54, 1.807) is 0 Å². The van der Waals surface area contributed by atoms with Gasteiger partial charge in [-0.25, -0.2) is 4.98 Å². The molecule has 3 nitrogen and oxygen atoms in total. The number of carbonyl (C=O) groups excluding carboxylic acids is 1. The van der Waals surface area contributed by atoms with Gasteiger partial charge in [0, 0.05) is 6.42 Å². The minimum absolute atomic E-state index is 0.0267. The number of carbonyl (C=O) groups is 1. The molecule has 0 spiro atoms. The van der Waals surface area contributed by atoms with Gasteiger partial charge in [-0.15, -0.1) is 0 Å². The quantitative estimate of drug-likeness (QED) is 0.720. The molecule has 15 heavy (non-hydrogen) atoms. The lowest BCUT2D eigenvalue weighted by Crippen LogP contribution is -2.03. The number of Topliss-reactive ketones (excluding diaryl/α,β-unsaturated/α-hetero) is 1. The Morgan fingerprint density at radius 2 is 2.13 bits per heavy atom. The molecular weight excluding hydrogens is 190 g/mol. The molecule has 0 aliphatic carbocycles. The van der Waals surface area contributed by atoms with Gasteiger partial charge in [-0.2, -0.15) is 0 Å². The Kier molecular flexibility index (Phi) is 2.54. The number of benzene rings is 1. The van der Waals surface area contributed by atoms with Crippen molar-refractivity contribution in [3.05, 3.63) is 30.2 Å². The van der Waals surface area contributed by atoms with Crippen LogP contribution in [0.4, 0.5) is 0 Å². The topological polar surface area (TPSA) is 43.1 Å². The Morgan fingerprint density at radius 1 is 1.40 bits per heavy atom. The van der Waals surface area contributed by atoms with E-state index in [1.807, 2.05) is 38.1 Å². The first kappa shape index (κ1) is 9.90. The largest absolute Gasteiger partial charge is 0.434 e. The molecule has 0 saturated heterocycles. The third kappa shape index (κ3) is 2.06. The normalized spacial score (nSPS) is 11.1. The Bertz CT molecular complexity index is 452. The number of para-hydroxylation sites is 2. The van der Waals surface area contributed by atoms with Crippen molar-refractivity contribution in [2.45, 2.75) is 20.3 Å². The van der Waals surface area contributed by atoms with Crippen molar-refractivity contribution < 1.29 is 9.21 Å². The van der Waals surface area contributed by atoms with Gasteiger partial charge < -0.3 is 4.42 Å². The molecule has 0 bridgehead atoms. The molecule has 3 heteroatoms. The fourth-order valence-electron chi connectivity index (χ4n) is 1.45. The Hall–Kier alpha value is -1.64. The second-order valence-corrected chi connectivity index (χ2v) is 4.01. The summed E-state index contributed by atoms with van der Waals surface area (Å²) in [5.41, 5.74) is 1.41. The van der Waals surface area contributed by atoms with E-state index >= 15 is 0 Å². The van der Waals surface area contributed by atoms with Gasteiger partial charge >= 0.3 is 0 Å². The van der Waals surface area contributed by atoms with E-state index in [-0.39, 0.29) is 11.7 Å². The monoisotopic (exact) mass is 203 g/mol. The van der Waals surface area contributed by atoms with Crippen LogP contribution in [0.25, 0.3) is 11.1 Å². The van der Waals surface area contributed by atoms with E-state index in [0.29, 0.717) is 17.9 Å². The molecule has 0 fully saturated rings. The zero-order valence-electron chi connectivity index (χ0n) is 8.86. The number of nitrogens with zero attached hydrogens (tertiary/aromatic N) is 1. The van der Waals surface area contributed by atoms with Crippen molar-refractivity contribution in [1.82, 2.24) is 4.98 Å². The first-order valence-corrected chi connectivity index (χ1v) is 5.05. The van der Waals surface area contributed by atoms with E-state index in [9.17, 15) is 4.79 Å². The van der Waals surface area contributed by atoms with Gasteiger partial charge in [-0.1, -0.05) is 26.0 Å². The van der Waals surface area contributed by atoms with Crippen molar-refractivity contribution in [3.63, 3.8) is 0 Å². The average molecular weight is 203 g/mol. The summed E-state index contributed by atoms with van der Waals surface area (Å²) in [5.74, 6) is 0.526. The predicted octanol–water partition coefficient (Wildman–Crippen LogP) is 3.06. The Morgan fingerprint density at radius 3 is 2.80 bits per heavy atom. The van der Waals surface area contributed by atoms with Gasteiger partial charge in [-0.05, 0) is 18.1 Å². The molecule has 2 rings (SSSR count). The highest BCUT2D eigenvalue weighted by atomic mass is 16.4. The molecule has 2 aromatic rings. The molecule has 0 radical (unpaired) electrons. The van der Waals surface area contributed by atoms with Crippen LogP contribution in [0.3, 0.4) is 0 Å². The van der Waals surface area contributed by atoms with Crippen LogP contribution >= 0.6 is 0 Å².